The molecule has 0 aromatic heterocycles. The van der Waals surface area contributed by atoms with Crippen molar-refractivity contribution in [3.05, 3.63) is 77.4 Å². The summed E-state index contributed by atoms with van der Waals surface area (Å²) in [6.45, 7) is 3.63. The zero-order chi connectivity index (χ0) is 23.1. The number of hydrogen-bond acceptors (Lipinski definition) is 5. The maximum absolute atomic E-state index is 13.0. The highest BCUT2D eigenvalue weighted by Crippen LogP contribution is 2.39. The molecular weight excluding hydrogens is 408 g/mol. The molecule has 7 nitrogen and oxygen atoms in total. The summed E-state index contributed by atoms with van der Waals surface area (Å²) in [7, 11) is 3.00. The summed E-state index contributed by atoms with van der Waals surface area (Å²) in [5, 5.41) is 5.57. The predicted octanol–water partition coefficient (Wildman–Crippen LogP) is 4.80. The molecule has 0 fully saturated rings. The number of nitrogens with one attached hydrogen (secondary N) is 2. The van der Waals surface area contributed by atoms with Gasteiger partial charge >= 0.3 is 0 Å². The van der Waals surface area contributed by atoms with Crippen LogP contribution in [0.2, 0.25) is 0 Å². The summed E-state index contributed by atoms with van der Waals surface area (Å²) in [5.41, 5.74) is 3.25. The number of carbonyl (C=O) groups is 2. The first kappa shape index (κ1) is 22.7. The standard InChI is InChI=1S/C25H26N2O5/c1-16-10-11-20(26-17(2)28)21(12-16)27-25(29)19-13-22(30-3)24(23(14-19)31-4)32-15-18-8-6-5-7-9-18/h5-14H,15H2,1-4H3,(H,26,28)(H,27,29). The van der Waals surface area contributed by atoms with Crippen LogP contribution in [-0.4, -0.2) is 26.0 Å². The molecule has 166 valence electrons. The molecule has 3 aromatic rings. The molecule has 0 atom stereocenters. The van der Waals surface area contributed by atoms with Crippen LogP contribution in [0.3, 0.4) is 0 Å². The Balaban J connectivity index is 1.87. The highest BCUT2D eigenvalue weighted by atomic mass is 16.5. The van der Waals surface area contributed by atoms with Crippen LogP contribution in [0.15, 0.2) is 60.7 Å². The predicted molar refractivity (Wildman–Crippen MR) is 124 cm³/mol. The number of hydrogen-bond donors (Lipinski definition) is 2. The van der Waals surface area contributed by atoms with Gasteiger partial charge in [-0.05, 0) is 42.3 Å². The van der Waals surface area contributed by atoms with Crippen LogP contribution in [0.25, 0.3) is 0 Å². The Hall–Kier alpha value is -4.00. The van der Waals surface area contributed by atoms with Gasteiger partial charge in [0, 0.05) is 12.5 Å². The minimum absolute atomic E-state index is 0.229. The van der Waals surface area contributed by atoms with Crippen molar-refractivity contribution in [1.82, 2.24) is 0 Å². The van der Waals surface area contributed by atoms with E-state index in [-0.39, 0.29) is 11.8 Å². The Labute approximate surface area is 187 Å². The van der Waals surface area contributed by atoms with Crippen molar-refractivity contribution >= 4 is 23.2 Å². The highest BCUT2D eigenvalue weighted by Gasteiger charge is 2.19. The summed E-state index contributed by atoms with van der Waals surface area (Å²) < 4.78 is 16.9. The van der Waals surface area contributed by atoms with Gasteiger partial charge in [-0.25, -0.2) is 0 Å². The Morgan fingerprint density at radius 1 is 0.844 bits per heavy atom. The fourth-order valence-corrected chi connectivity index (χ4v) is 3.14. The minimum Gasteiger partial charge on any atom is -0.493 e. The zero-order valence-corrected chi connectivity index (χ0v) is 18.5. The fourth-order valence-electron chi connectivity index (χ4n) is 3.14. The Morgan fingerprint density at radius 3 is 2.09 bits per heavy atom. The number of anilines is 2. The topological polar surface area (TPSA) is 85.9 Å². The molecule has 3 aromatic carbocycles. The van der Waals surface area contributed by atoms with E-state index in [9.17, 15) is 9.59 Å². The van der Waals surface area contributed by atoms with Crippen molar-refractivity contribution in [3.63, 3.8) is 0 Å². The van der Waals surface area contributed by atoms with Crippen molar-refractivity contribution < 1.29 is 23.8 Å². The van der Waals surface area contributed by atoms with Gasteiger partial charge in [0.15, 0.2) is 11.5 Å². The van der Waals surface area contributed by atoms with E-state index in [1.54, 1.807) is 24.3 Å². The zero-order valence-electron chi connectivity index (χ0n) is 18.5. The van der Waals surface area contributed by atoms with E-state index in [2.05, 4.69) is 10.6 Å². The lowest BCUT2D eigenvalue weighted by atomic mass is 10.1. The van der Waals surface area contributed by atoms with Gasteiger partial charge in [0.25, 0.3) is 5.91 Å². The van der Waals surface area contributed by atoms with E-state index >= 15 is 0 Å². The van der Waals surface area contributed by atoms with Crippen molar-refractivity contribution in [2.24, 2.45) is 0 Å². The lowest BCUT2D eigenvalue weighted by Gasteiger charge is -2.17. The number of benzene rings is 3. The molecule has 0 aliphatic carbocycles. The first-order valence-corrected chi connectivity index (χ1v) is 10.0. The second-order valence-electron chi connectivity index (χ2n) is 7.17. The van der Waals surface area contributed by atoms with Gasteiger partial charge in [-0.2, -0.15) is 0 Å². The van der Waals surface area contributed by atoms with Gasteiger partial charge in [-0.3, -0.25) is 9.59 Å². The largest absolute Gasteiger partial charge is 0.493 e. The number of amides is 2. The third kappa shape index (κ3) is 5.57. The lowest BCUT2D eigenvalue weighted by Crippen LogP contribution is -2.16. The van der Waals surface area contributed by atoms with E-state index < -0.39 is 0 Å². The van der Waals surface area contributed by atoms with E-state index in [1.165, 1.54) is 21.1 Å². The molecular formula is C25H26N2O5. The molecule has 0 heterocycles. The third-order valence-corrected chi connectivity index (χ3v) is 4.68. The molecule has 0 saturated heterocycles. The smallest absolute Gasteiger partial charge is 0.255 e. The first-order valence-electron chi connectivity index (χ1n) is 10.0. The van der Waals surface area contributed by atoms with Gasteiger partial charge in [-0.1, -0.05) is 36.4 Å². The second kappa shape index (κ2) is 10.3. The van der Waals surface area contributed by atoms with Crippen LogP contribution in [-0.2, 0) is 11.4 Å². The molecule has 2 N–H and O–H groups in total. The lowest BCUT2D eigenvalue weighted by molar-refractivity contribution is -0.114. The van der Waals surface area contributed by atoms with Crippen LogP contribution in [0.4, 0.5) is 11.4 Å². The van der Waals surface area contributed by atoms with E-state index in [1.807, 2.05) is 43.3 Å². The number of rotatable bonds is 8. The van der Waals surface area contributed by atoms with Gasteiger partial charge in [0.05, 0.1) is 25.6 Å². The summed E-state index contributed by atoms with van der Waals surface area (Å²) in [6.07, 6.45) is 0. The molecule has 0 saturated carbocycles. The number of methoxy groups -OCH3 is 2. The van der Waals surface area contributed by atoms with Gasteiger partial charge in [-0.15, -0.1) is 0 Å². The fraction of sp³-hybridized carbons (Fsp3) is 0.200. The van der Waals surface area contributed by atoms with Gasteiger partial charge < -0.3 is 24.8 Å². The maximum Gasteiger partial charge on any atom is 0.255 e. The van der Waals surface area contributed by atoms with Crippen LogP contribution < -0.4 is 24.8 Å². The minimum atomic E-state index is -0.381. The molecule has 0 bridgehead atoms. The molecule has 2 amide bonds. The van der Waals surface area contributed by atoms with E-state index in [0.717, 1.165) is 11.1 Å². The Kier molecular flexibility index (Phi) is 7.33. The van der Waals surface area contributed by atoms with Crippen LogP contribution in [0, 0.1) is 6.92 Å². The molecule has 0 radical (unpaired) electrons. The van der Waals surface area contributed by atoms with Crippen molar-refractivity contribution in [1.29, 1.82) is 0 Å². The summed E-state index contributed by atoms with van der Waals surface area (Å²) in [6, 6.07) is 18.3. The second-order valence-corrected chi connectivity index (χ2v) is 7.17. The average Bonchev–Trinajstić information content (AvgIpc) is 2.79. The normalized spacial score (nSPS) is 10.2. The molecule has 32 heavy (non-hydrogen) atoms. The summed E-state index contributed by atoms with van der Waals surface area (Å²) >= 11 is 0. The quantitative estimate of drug-likeness (QED) is 0.532. The maximum atomic E-state index is 13.0. The number of ether oxygens (including phenoxy) is 3. The van der Waals surface area contributed by atoms with Crippen LogP contribution in [0.1, 0.15) is 28.4 Å². The molecule has 0 spiro atoms. The summed E-state index contributed by atoms with van der Waals surface area (Å²) in [5.74, 6) is 0.541. The SMILES string of the molecule is COc1cc(C(=O)Nc2cc(C)ccc2NC(C)=O)cc(OC)c1OCc1ccccc1. The number of aryl methyl sites for hydroxylation is 1. The van der Waals surface area contributed by atoms with Crippen molar-refractivity contribution in [2.75, 3.05) is 24.9 Å². The van der Waals surface area contributed by atoms with Crippen molar-refractivity contribution in [2.45, 2.75) is 20.5 Å². The monoisotopic (exact) mass is 434 g/mol. The van der Waals surface area contributed by atoms with Crippen LogP contribution in [0.5, 0.6) is 17.2 Å². The molecule has 0 unspecified atom stereocenters. The average molecular weight is 434 g/mol. The molecule has 0 aliphatic heterocycles. The number of carbonyl (C=O) groups excluding carboxylic acids is 2. The van der Waals surface area contributed by atoms with Crippen molar-refractivity contribution in [3.8, 4) is 17.2 Å². The Morgan fingerprint density at radius 2 is 1.50 bits per heavy atom. The molecule has 0 aliphatic rings. The van der Waals surface area contributed by atoms with E-state index in [4.69, 9.17) is 14.2 Å². The van der Waals surface area contributed by atoms with Crippen LogP contribution >= 0.6 is 0 Å². The first-order chi connectivity index (χ1) is 15.4. The summed E-state index contributed by atoms with van der Waals surface area (Å²) in [4.78, 5) is 24.5. The van der Waals surface area contributed by atoms with Gasteiger partial charge in [0.2, 0.25) is 11.7 Å². The molecule has 3 rings (SSSR count). The third-order valence-electron chi connectivity index (χ3n) is 4.68. The Bertz CT molecular complexity index is 1090. The van der Waals surface area contributed by atoms with E-state index in [0.29, 0.717) is 40.8 Å². The molecule has 7 heteroatoms. The van der Waals surface area contributed by atoms with Gasteiger partial charge in [0.1, 0.15) is 6.61 Å². The highest BCUT2D eigenvalue weighted by molar-refractivity contribution is 6.07.